The summed E-state index contributed by atoms with van der Waals surface area (Å²) in [6.45, 7) is 2.05. The van der Waals surface area contributed by atoms with Crippen LogP contribution in [0.5, 0.6) is 0 Å². The Balaban J connectivity index is 4.51. The lowest BCUT2D eigenvalue weighted by atomic mass is 10.2. The van der Waals surface area contributed by atoms with Crippen LogP contribution < -0.4 is 0 Å². The highest BCUT2D eigenvalue weighted by Gasteiger charge is 2.25. The van der Waals surface area contributed by atoms with E-state index >= 15 is 0 Å². The van der Waals surface area contributed by atoms with Crippen LogP contribution >= 0.6 is 35.7 Å². The van der Waals surface area contributed by atoms with Gasteiger partial charge < -0.3 is 14.7 Å². The van der Waals surface area contributed by atoms with Crippen LogP contribution in [-0.2, 0) is 19.1 Å². The molecule has 0 heterocycles. The summed E-state index contributed by atoms with van der Waals surface area (Å²) in [5.74, 6) is -0.642. The molecule has 1 amide bonds. The summed E-state index contributed by atoms with van der Waals surface area (Å²) in [6, 6.07) is 0. The Kier molecular flexibility index (Phi) is 10.4. The second-order valence-electron chi connectivity index (χ2n) is 4.36. The van der Waals surface area contributed by atoms with Gasteiger partial charge in [-0.1, -0.05) is 24.0 Å². The third-order valence-corrected chi connectivity index (χ3v) is 5.12. The van der Waals surface area contributed by atoms with Crippen LogP contribution in [0.3, 0.4) is 0 Å². The Morgan fingerprint density at radius 1 is 1.43 bits per heavy atom. The Morgan fingerprint density at radius 2 is 2.05 bits per heavy atom. The van der Waals surface area contributed by atoms with E-state index in [9.17, 15) is 14.4 Å². The summed E-state index contributed by atoms with van der Waals surface area (Å²) in [6.07, 6.45) is -0.0294. The van der Waals surface area contributed by atoms with Gasteiger partial charge in [0.05, 0.1) is 11.7 Å². The van der Waals surface area contributed by atoms with E-state index in [1.165, 1.54) is 28.4 Å². The zero-order chi connectivity index (χ0) is 16.4. The summed E-state index contributed by atoms with van der Waals surface area (Å²) in [5.41, 5.74) is 0. The van der Waals surface area contributed by atoms with Crippen LogP contribution in [0, 0.1) is 0 Å². The molecule has 0 aliphatic rings. The maximum atomic E-state index is 12.1. The van der Waals surface area contributed by atoms with Crippen LogP contribution in [0.2, 0.25) is 0 Å². The Morgan fingerprint density at radius 3 is 2.52 bits per heavy atom. The molecule has 0 rings (SSSR count). The van der Waals surface area contributed by atoms with E-state index in [-0.39, 0.29) is 12.3 Å². The number of hydrogen-bond donors (Lipinski definition) is 1. The molecule has 2 unspecified atom stereocenters. The van der Waals surface area contributed by atoms with Gasteiger partial charge in [-0.05, 0) is 6.92 Å². The van der Waals surface area contributed by atoms with E-state index in [1.54, 1.807) is 21.0 Å². The van der Waals surface area contributed by atoms with Crippen LogP contribution in [0.4, 0.5) is 0 Å². The van der Waals surface area contributed by atoms with Crippen molar-refractivity contribution in [1.82, 2.24) is 4.90 Å². The average molecular weight is 353 g/mol. The molecule has 2 atom stereocenters. The Labute approximate surface area is 138 Å². The summed E-state index contributed by atoms with van der Waals surface area (Å²) in [5, 5.41) is 8.11. The van der Waals surface area contributed by atoms with Crippen LogP contribution in [0.1, 0.15) is 19.8 Å². The molecule has 0 saturated carbocycles. The fourth-order valence-electron chi connectivity index (χ4n) is 1.31. The fourth-order valence-corrected chi connectivity index (χ4v) is 4.13. The number of carbonyl (C=O) groups is 3. The lowest BCUT2D eigenvalue weighted by Crippen LogP contribution is -2.34. The van der Waals surface area contributed by atoms with Gasteiger partial charge >= 0.3 is 5.97 Å². The number of hydrogen-bond acceptors (Lipinski definition) is 7. The number of thiocarbonyl (C=S) groups is 1. The predicted molar refractivity (Wildman–Crippen MR) is 88.6 cm³/mol. The standard InChI is InChI=1S/C12H19NO5S3/c1-8(18-7-14)6-9(11(17)13(2)3)21-12(19)20-5-4-10(15)16/h7-9H,4-6H2,1-3H3,(H,15,16). The van der Waals surface area contributed by atoms with Gasteiger partial charge in [-0.15, -0.1) is 11.8 Å². The van der Waals surface area contributed by atoms with Crippen molar-refractivity contribution in [2.24, 2.45) is 0 Å². The van der Waals surface area contributed by atoms with Crippen LogP contribution in [0.25, 0.3) is 0 Å². The molecule has 0 aliphatic carbocycles. The largest absolute Gasteiger partial charge is 0.481 e. The molecule has 0 aromatic carbocycles. The number of aliphatic carboxylic acids is 1. The van der Waals surface area contributed by atoms with Gasteiger partial charge in [0.25, 0.3) is 6.47 Å². The molecule has 0 aliphatic heterocycles. The number of carboxylic acids is 1. The molecule has 9 heteroatoms. The highest BCUT2D eigenvalue weighted by atomic mass is 32.2. The summed E-state index contributed by atoms with van der Waals surface area (Å²) >= 11 is 7.59. The quantitative estimate of drug-likeness (QED) is 0.494. The summed E-state index contributed by atoms with van der Waals surface area (Å²) in [4.78, 5) is 34.3. The van der Waals surface area contributed by atoms with Crippen LogP contribution in [0.15, 0.2) is 0 Å². The van der Waals surface area contributed by atoms with Crippen molar-refractivity contribution in [3.05, 3.63) is 0 Å². The normalized spacial score (nSPS) is 13.1. The molecule has 0 saturated heterocycles. The molecule has 21 heavy (non-hydrogen) atoms. The van der Waals surface area contributed by atoms with Gasteiger partial charge in [0.2, 0.25) is 5.91 Å². The summed E-state index contributed by atoms with van der Waals surface area (Å²) < 4.78 is 5.31. The highest BCUT2D eigenvalue weighted by molar-refractivity contribution is 8.47. The van der Waals surface area contributed by atoms with Crippen molar-refractivity contribution in [3.63, 3.8) is 0 Å². The first-order valence-electron chi connectivity index (χ1n) is 6.13. The zero-order valence-corrected chi connectivity index (χ0v) is 14.6. The van der Waals surface area contributed by atoms with E-state index < -0.39 is 17.3 Å². The first-order chi connectivity index (χ1) is 9.77. The predicted octanol–water partition coefficient (Wildman–Crippen LogP) is 1.62. The number of nitrogens with zero attached hydrogens (tertiary/aromatic N) is 1. The van der Waals surface area contributed by atoms with E-state index in [0.29, 0.717) is 22.2 Å². The third-order valence-electron chi connectivity index (χ3n) is 2.32. The lowest BCUT2D eigenvalue weighted by molar-refractivity contribution is -0.136. The minimum atomic E-state index is -0.885. The maximum Gasteiger partial charge on any atom is 0.304 e. The van der Waals surface area contributed by atoms with Crippen molar-refractivity contribution in [1.29, 1.82) is 0 Å². The van der Waals surface area contributed by atoms with Gasteiger partial charge in [0.15, 0.2) is 0 Å². The minimum absolute atomic E-state index is 0.0162. The van der Waals surface area contributed by atoms with E-state index in [0.717, 1.165) is 0 Å². The molecule has 0 aromatic heterocycles. The molecular formula is C12H19NO5S3. The van der Waals surface area contributed by atoms with Gasteiger partial charge in [0, 0.05) is 26.3 Å². The Hall–Kier alpha value is -0.800. The molecule has 1 N–H and O–H groups in total. The smallest absolute Gasteiger partial charge is 0.304 e. The number of ether oxygens (including phenoxy) is 1. The van der Waals surface area contributed by atoms with Gasteiger partial charge in [-0.25, -0.2) is 0 Å². The second kappa shape index (κ2) is 10.9. The van der Waals surface area contributed by atoms with E-state index in [1.807, 2.05) is 0 Å². The molecule has 120 valence electrons. The number of rotatable bonds is 9. The number of thioether (sulfide) groups is 2. The molecule has 0 spiro atoms. The Bertz CT molecular complexity index is 389. The monoisotopic (exact) mass is 353 g/mol. The number of amides is 1. The van der Waals surface area contributed by atoms with Crippen molar-refractivity contribution in [3.8, 4) is 0 Å². The van der Waals surface area contributed by atoms with Crippen molar-refractivity contribution < 1.29 is 24.2 Å². The fraction of sp³-hybridized carbons (Fsp3) is 0.667. The van der Waals surface area contributed by atoms with Crippen LogP contribution in [-0.4, -0.2) is 63.1 Å². The summed E-state index contributed by atoms with van der Waals surface area (Å²) in [7, 11) is 3.28. The zero-order valence-electron chi connectivity index (χ0n) is 12.1. The van der Waals surface area contributed by atoms with Crippen molar-refractivity contribution >= 4 is 57.6 Å². The molecular weight excluding hydrogens is 334 g/mol. The average Bonchev–Trinajstić information content (AvgIpc) is 2.36. The molecule has 0 bridgehead atoms. The number of carbonyl (C=O) groups excluding carboxylic acids is 2. The first kappa shape index (κ1) is 20.2. The lowest BCUT2D eigenvalue weighted by Gasteiger charge is -2.22. The SMILES string of the molecule is CC(CC(SC(=S)SCCC(=O)O)C(=O)N(C)C)OC=O. The minimum Gasteiger partial charge on any atom is -0.481 e. The van der Waals surface area contributed by atoms with Crippen molar-refractivity contribution in [2.45, 2.75) is 31.1 Å². The second-order valence-corrected chi connectivity index (χ2v) is 7.86. The van der Waals surface area contributed by atoms with E-state index in [2.05, 4.69) is 0 Å². The van der Waals surface area contributed by atoms with Crippen molar-refractivity contribution in [2.75, 3.05) is 19.8 Å². The molecule has 0 radical (unpaired) electrons. The molecule has 6 nitrogen and oxygen atoms in total. The van der Waals surface area contributed by atoms with Gasteiger partial charge in [-0.3, -0.25) is 14.4 Å². The van der Waals surface area contributed by atoms with Gasteiger partial charge in [0.1, 0.15) is 9.63 Å². The maximum absolute atomic E-state index is 12.1. The first-order valence-corrected chi connectivity index (χ1v) is 8.40. The third kappa shape index (κ3) is 9.70. The highest BCUT2D eigenvalue weighted by Crippen LogP contribution is 2.27. The molecule has 0 aromatic rings. The topological polar surface area (TPSA) is 83.9 Å². The molecule has 0 fully saturated rings. The van der Waals surface area contributed by atoms with Gasteiger partial charge in [-0.2, -0.15) is 0 Å². The number of carboxylic acid groups (broad SMARTS) is 1. The van der Waals surface area contributed by atoms with E-state index in [4.69, 9.17) is 22.1 Å².